The van der Waals surface area contributed by atoms with Crippen molar-refractivity contribution in [2.24, 2.45) is 11.3 Å². The zero-order valence-electron chi connectivity index (χ0n) is 17.0. The largest absolute Gasteiger partial charge is 0.360 e. The van der Waals surface area contributed by atoms with E-state index < -0.39 is 0 Å². The van der Waals surface area contributed by atoms with Gasteiger partial charge in [-0.25, -0.2) is 9.97 Å². The molecule has 25 heavy (non-hydrogen) atoms. The molecule has 1 aliphatic rings. The highest BCUT2D eigenvalue weighted by atomic mass is 16.2. The van der Waals surface area contributed by atoms with Crippen molar-refractivity contribution in [3.05, 3.63) is 17.1 Å². The Kier molecular flexibility index (Phi) is 6.07. The normalized spacial score (nSPS) is 15.7. The molecule has 5 heteroatoms. The molecule has 0 saturated carbocycles. The molecule has 2 heterocycles. The van der Waals surface area contributed by atoms with E-state index in [-0.39, 0.29) is 11.3 Å². The summed E-state index contributed by atoms with van der Waals surface area (Å²) in [5.41, 5.74) is 2.49. The van der Waals surface area contributed by atoms with E-state index in [2.05, 4.69) is 49.5 Å². The van der Waals surface area contributed by atoms with Gasteiger partial charge < -0.3 is 9.80 Å². The number of hydrogen-bond donors (Lipinski definition) is 0. The minimum Gasteiger partial charge on any atom is -0.360 e. The molecular formula is C20H34N4O. The lowest BCUT2D eigenvalue weighted by atomic mass is 9.84. The maximum atomic E-state index is 12.8. The quantitative estimate of drug-likeness (QED) is 0.817. The number of fused-ring (bicyclic) bond motifs is 1. The number of anilines is 1. The predicted molar refractivity (Wildman–Crippen MR) is 103 cm³/mol. The third kappa shape index (κ3) is 5.16. The molecule has 0 fully saturated rings. The Labute approximate surface area is 152 Å². The van der Waals surface area contributed by atoms with Gasteiger partial charge in [0.1, 0.15) is 11.6 Å². The van der Waals surface area contributed by atoms with Crippen LogP contribution in [0.4, 0.5) is 5.82 Å². The van der Waals surface area contributed by atoms with Gasteiger partial charge in [-0.05, 0) is 31.6 Å². The fourth-order valence-electron chi connectivity index (χ4n) is 3.74. The van der Waals surface area contributed by atoms with Gasteiger partial charge >= 0.3 is 0 Å². The summed E-state index contributed by atoms with van der Waals surface area (Å²) in [6, 6.07) is 0. The Balaban J connectivity index is 2.13. The minimum atomic E-state index is 0.257. The Hall–Kier alpha value is -1.65. The predicted octanol–water partition coefficient (Wildman–Crippen LogP) is 3.59. The molecular weight excluding hydrogens is 312 g/mol. The van der Waals surface area contributed by atoms with Crippen LogP contribution in [0, 0.1) is 18.3 Å². The first-order valence-electron chi connectivity index (χ1n) is 9.46. The lowest BCUT2D eigenvalue weighted by Gasteiger charge is -2.32. The molecule has 0 N–H and O–H groups in total. The standard InChI is InChI=1S/C20H34N4O/c1-8-23(7)19-16-13-24(10-9-17(16)21-15(3)22-19)18(25)11-14(2)12-20(4,5)6/h14H,8-13H2,1-7H3/t14-/m1/s1. The van der Waals surface area contributed by atoms with Gasteiger partial charge in [-0.1, -0.05) is 27.7 Å². The average molecular weight is 347 g/mol. The molecule has 0 radical (unpaired) electrons. The fourth-order valence-corrected chi connectivity index (χ4v) is 3.74. The minimum absolute atomic E-state index is 0.257. The Bertz CT molecular complexity index is 621. The van der Waals surface area contributed by atoms with Crippen molar-refractivity contribution in [1.29, 1.82) is 0 Å². The molecule has 2 rings (SSSR count). The van der Waals surface area contributed by atoms with Crippen molar-refractivity contribution < 1.29 is 4.79 Å². The van der Waals surface area contributed by atoms with E-state index in [1.807, 2.05) is 18.9 Å². The van der Waals surface area contributed by atoms with E-state index in [0.29, 0.717) is 18.9 Å². The van der Waals surface area contributed by atoms with Crippen LogP contribution in [0.1, 0.15) is 64.5 Å². The topological polar surface area (TPSA) is 49.3 Å². The average Bonchev–Trinajstić information content (AvgIpc) is 2.50. The fraction of sp³-hybridized carbons (Fsp3) is 0.750. The van der Waals surface area contributed by atoms with Crippen LogP contribution < -0.4 is 4.90 Å². The van der Waals surface area contributed by atoms with Crippen LogP contribution >= 0.6 is 0 Å². The molecule has 0 saturated heterocycles. The first-order chi connectivity index (χ1) is 11.6. The van der Waals surface area contributed by atoms with E-state index in [1.54, 1.807) is 0 Å². The summed E-state index contributed by atoms with van der Waals surface area (Å²) in [6.45, 7) is 15.2. The molecule has 1 aromatic rings. The van der Waals surface area contributed by atoms with E-state index in [9.17, 15) is 4.79 Å². The molecule has 1 atom stereocenters. The molecule has 140 valence electrons. The van der Waals surface area contributed by atoms with Crippen molar-refractivity contribution in [1.82, 2.24) is 14.9 Å². The van der Waals surface area contributed by atoms with Gasteiger partial charge in [0, 0.05) is 38.5 Å². The number of amides is 1. The Morgan fingerprint density at radius 1 is 1.32 bits per heavy atom. The number of hydrogen-bond acceptors (Lipinski definition) is 4. The molecule has 5 nitrogen and oxygen atoms in total. The second-order valence-corrected chi connectivity index (χ2v) is 8.67. The van der Waals surface area contributed by atoms with Gasteiger partial charge in [-0.15, -0.1) is 0 Å². The molecule has 0 aromatic carbocycles. The molecule has 0 spiro atoms. The lowest BCUT2D eigenvalue weighted by molar-refractivity contribution is -0.133. The smallest absolute Gasteiger partial charge is 0.223 e. The van der Waals surface area contributed by atoms with Gasteiger partial charge in [0.2, 0.25) is 5.91 Å². The summed E-state index contributed by atoms with van der Waals surface area (Å²) in [7, 11) is 2.05. The maximum absolute atomic E-state index is 12.8. The number of aryl methyl sites for hydroxylation is 1. The summed E-state index contributed by atoms with van der Waals surface area (Å²) in [5.74, 6) is 2.45. The highest BCUT2D eigenvalue weighted by Gasteiger charge is 2.27. The van der Waals surface area contributed by atoms with Gasteiger partial charge in [0.15, 0.2) is 0 Å². The summed E-state index contributed by atoms with van der Waals surface area (Å²) >= 11 is 0. The lowest BCUT2D eigenvalue weighted by Crippen LogP contribution is -2.38. The third-order valence-electron chi connectivity index (χ3n) is 4.82. The van der Waals surface area contributed by atoms with E-state index in [1.165, 1.54) is 0 Å². The molecule has 0 unspecified atom stereocenters. The van der Waals surface area contributed by atoms with Crippen molar-refractivity contribution in [2.45, 2.75) is 67.3 Å². The summed E-state index contributed by atoms with van der Waals surface area (Å²) in [5, 5.41) is 0. The van der Waals surface area contributed by atoms with Crippen LogP contribution in [-0.4, -0.2) is 40.9 Å². The highest BCUT2D eigenvalue weighted by molar-refractivity contribution is 5.77. The van der Waals surface area contributed by atoms with Crippen molar-refractivity contribution in [2.75, 3.05) is 25.0 Å². The van der Waals surface area contributed by atoms with E-state index >= 15 is 0 Å². The van der Waals surface area contributed by atoms with Crippen LogP contribution in [0.2, 0.25) is 0 Å². The molecule has 1 aliphatic heterocycles. The van der Waals surface area contributed by atoms with Gasteiger partial charge in [-0.2, -0.15) is 0 Å². The highest BCUT2D eigenvalue weighted by Crippen LogP contribution is 2.29. The molecule has 1 aromatic heterocycles. The van der Waals surface area contributed by atoms with Crippen LogP contribution in [0.3, 0.4) is 0 Å². The molecule has 1 amide bonds. The number of carbonyl (C=O) groups is 1. The monoisotopic (exact) mass is 346 g/mol. The van der Waals surface area contributed by atoms with Gasteiger partial charge in [0.05, 0.1) is 12.2 Å². The second kappa shape index (κ2) is 7.71. The SMILES string of the molecule is CCN(C)c1nc(C)nc2c1CN(C(=O)C[C@@H](C)CC(C)(C)C)CC2. The third-order valence-corrected chi connectivity index (χ3v) is 4.82. The Morgan fingerprint density at radius 2 is 2.00 bits per heavy atom. The zero-order valence-corrected chi connectivity index (χ0v) is 17.0. The van der Waals surface area contributed by atoms with E-state index in [4.69, 9.17) is 0 Å². The van der Waals surface area contributed by atoms with Crippen molar-refractivity contribution >= 4 is 11.7 Å². The summed E-state index contributed by atoms with van der Waals surface area (Å²) < 4.78 is 0. The van der Waals surface area contributed by atoms with Crippen LogP contribution in [-0.2, 0) is 17.8 Å². The number of aromatic nitrogens is 2. The molecule has 0 bridgehead atoms. The van der Waals surface area contributed by atoms with Crippen LogP contribution in [0.25, 0.3) is 0 Å². The number of carbonyl (C=O) groups excluding carboxylic acids is 1. The van der Waals surface area contributed by atoms with Crippen molar-refractivity contribution in [3.63, 3.8) is 0 Å². The second-order valence-electron chi connectivity index (χ2n) is 8.67. The number of rotatable bonds is 5. The maximum Gasteiger partial charge on any atom is 0.223 e. The van der Waals surface area contributed by atoms with Crippen molar-refractivity contribution in [3.8, 4) is 0 Å². The number of nitrogens with zero attached hydrogens (tertiary/aromatic N) is 4. The van der Waals surface area contributed by atoms with E-state index in [0.717, 1.165) is 48.8 Å². The molecule has 0 aliphatic carbocycles. The van der Waals surface area contributed by atoms with Gasteiger partial charge in [-0.3, -0.25) is 4.79 Å². The Morgan fingerprint density at radius 3 is 2.60 bits per heavy atom. The van der Waals surface area contributed by atoms with Crippen LogP contribution in [0.15, 0.2) is 0 Å². The first-order valence-corrected chi connectivity index (χ1v) is 9.46. The summed E-state index contributed by atoms with van der Waals surface area (Å²) in [6.07, 6.45) is 2.51. The summed E-state index contributed by atoms with van der Waals surface area (Å²) in [4.78, 5) is 26.2. The van der Waals surface area contributed by atoms with Gasteiger partial charge in [0.25, 0.3) is 0 Å². The zero-order chi connectivity index (χ0) is 18.8. The van der Waals surface area contributed by atoms with Crippen LogP contribution in [0.5, 0.6) is 0 Å². The first kappa shape index (κ1) is 19.7.